The van der Waals surface area contributed by atoms with Gasteiger partial charge in [0.1, 0.15) is 5.60 Å². The van der Waals surface area contributed by atoms with Gasteiger partial charge in [0.05, 0.1) is 0 Å². The summed E-state index contributed by atoms with van der Waals surface area (Å²) in [5.41, 5.74) is 9.51. The van der Waals surface area contributed by atoms with Crippen molar-refractivity contribution in [2.45, 2.75) is 37.8 Å². The van der Waals surface area contributed by atoms with E-state index in [-0.39, 0.29) is 6.04 Å². The number of hydrogen-bond donors (Lipinski definition) is 2. The van der Waals surface area contributed by atoms with E-state index in [4.69, 9.17) is 5.73 Å². The van der Waals surface area contributed by atoms with E-state index in [0.29, 0.717) is 6.42 Å². The van der Waals surface area contributed by atoms with Gasteiger partial charge in [-0.15, -0.1) is 0 Å². The predicted octanol–water partition coefficient (Wildman–Crippen LogP) is 3.28. The van der Waals surface area contributed by atoms with Crippen molar-refractivity contribution >= 4 is 0 Å². The lowest BCUT2D eigenvalue weighted by atomic mass is 9.87. The van der Waals surface area contributed by atoms with Crippen LogP contribution < -0.4 is 5.73 Å². The lowest BCUT2D eigenvalue weighted by Gasteiger charge is -2.25. The third-order valence-electron chi connectivity index (χ3n) is 4.29. The van der Waals surface area contributed by atoms with Gasteiger partial charge in [0, 0.05) is 12.5 Å². The molecule has 0 aromatic heterocycles. The summed E-state index contributed by atoms with van der Waals surface area (Å²) in [5.74, 6) is 0. The zero-order valence-electron chi connectivity index (χ0n) is 11.8. The fourth-order valence-electron chi connectivity index (χ4n) is 3.24. The van der Waals surface area contributed by atoms with Crippen LogP contribution in [0, 0.1) is 0 Å². The van der Waals surface area contributed by atoms with Crippen LogP contribution in [0.5, 0.6) is 0 Å². The van der Waals surface area contributed by atoms with Gasteiger partial charge in [0.2, 0.25) is 0 Å². The Labute approximate surface area is 120 Å². The summed E-state index contributed by atoms with van der Waals surface area (Å²) < 4.78 is 0. The average molecular weight is 267 g/mol. The third kappa shape index (κ3) is 2.05. The van der Waals surface area contributed by atoms with E-state index < -0.39 is 5.60 Å². The summed E-state index contributed by atoms with van der Waals surface area (Å²) in [6.07, 6.45) is 2.77. The number of rotatable bonds is 3. The van der Waals surface area contributed by atoms with Crippen molar-refractivity contribution in [2.75, 3.05) is 0 Å². The maximum atomic E-state index is 11.1. The average Bonchev–Trinajstić information content (AvgIpc) is 2.74. The van der Waals surface area contributed by atoms with Crippen molar-refractivity contribution in [2.24, 2.45) is 5.73 Å². The van der Waals surface area contributed by atoms with Gasteiger partial charge in [-0.05, 0) is 28.7 Å². The second-order valence-corrected chi connectivity index (χ2v) is 5.71. The molecule has 0 amide bonds. The summed E-state index contributed by atoms with van der Waals surface area (Å²) in [7, 11) is 0. The SMILES string of the molecule is CCCc1ccc(C2(O)CC(N)c3ccccc32)cc1. The van der Waals surface area contributed by atoms with Crippen molar-refractivity contribution in [1.29, 1.82) is 0 Å². The normalized spacial score (nSPS) is 24.6. The first-order valence-corrected chi connectivity index (χ1v) is 7.32. The van der Waals surface area contributed by atoms with Crippen molar-refractivity contribution < 1.29 is 5.11 Å². The van der Waals surface area contributed by atoms with E-state index in [2.05, 4.69) is 19.1 Å². The predicted molar refractivity (Wildman–Crippen MR) is 81.4 cm³/mol. The first-order valence-electron chi connectivity index (χ1n) is 7.32. The Kier molecular flexibility index (Phi) is 3.36. The van der Waals surface area contributed by atoms with Crippen LogP contribution in [0.15, 0.2) is 48.5 Å². The molecule has 2 aromatic rings. The molecule has 2 atom stereocenters. The van der Waals surface area contributed by atoms with Crippen molar-refractivity contribution in [3.05, 3.63) is 70.8 Å². The van der Waals surface area contributed by atoms with Crippen LogP contribution in [-0.2, 0) is 12.0 Å². The lowest BCUT2D eigenvalue weighted by Crippen LogP contribution is -2.25. The van der Waals surface area contributed by atoms with Gasteiger partial charge < -0.3 is 10.8 Å². The Morgan fingerprint density at radius 2 is 1.85 bits per heavy atom. The van der Waals surface area contributed by atoms with Gasteiger partial charge in [-0.2, -0.15) is 0 Å². The molecule has 3 rings (SSSR count). The first kappa shape index (κ1) is 13.3. The minimum atomic E-state index is -0.944. The maximum absolute atomic E-state index is 11.1. The lowest BCUT2D eigenvalue weighted by molar-refractivity contribution is 0.0776. The number of aryl methyl sites for hydroxylation is 1. The fraction of sp³-hybridized carbons (Fsp3) is 0.333. The number of aliphatic hydroxyl groups is 1. The van der Waals surface area contributed by atoms with Gasteiger partial charge in [-0.1, -0.05) is 61.9 Å². The highest BCUT2D eigenvalue weighted by atomic mass is 16.3. The fourth-order valence-corrected chi connectivity index (χ4v) is 3.24. The maximum Gasteiger partial charge on any atom is 0.117 e. The molecule has 2 heteroatoms. The minimum Gasteiger partial charge on any atom is -0.380 e. The standard InChI is InChI=1S/C18H21NO/c1-2-5-13-8-10-14(11-9-13)18(20)12-17(19)15-6-3-4-7-16(15)18/h3-4,6-11,17,20H,2,5,12,19H2,1H3. The highest BCUT2D eigenvalue weighted by Gasteiger charge is 2.41. The highest BCUT2D eigenvalue weighted by Crippen LogP contribution is 2.46. The molecule has 0 fully saturated rings. The molecule has 0 bridgehead atoms. The van der Waals surface area contributed by atoms with Crippen LogP contribution in [0.3, 0.4) is 0 Å². The molecule has 1 aliphatic rings. The van der Waals surface area contributed by atoms with E-state index in [1.54, 1.807) is 0 Å². The van der Waals surface area contributed by atoms with Gasteiger partial charge in [0.15, 0.2) is 0 Å². The minimum absolute atomic E-state index is 0.0912. The molecule has 2 nitrogen and oxygen atoms in total. The van der Waals surface area contributed by atoms with E-state index in [0.717, 1.165) is 29.5 Å². The molecule has 2 aromatic carbocycles. The van der Waals surface area contributed by atoms with Crippen LogP contribution >= 0.6 is 0 Å². The first-order chi connectivity index (χ1) is 9.65. The molecule has 0 aliphatic heterocycles. The number of fused-ring (bicyclic) bond motifs is 1. The molecule has 0 radical (unpaired) electrons. The zero-order valence-corrected chi connectivity index (χ0v) is 11.8. The van der Waals surface area contributed by atoms with Crippen molar-refractivity contribution in [1.82, 2.24) is 0 Å². The Hall–Kier alpha value is -1.64. The van der Waals surface area contributed by atoms with Gasteiger partial charge in [-0.25, -0.2) is 0 Å². The number of nitrogens with two attached hydrogens (primary N) is 1. The summed E-state index contributed by atoms with van der Waals surface area (Å²) in [6, 6.07) is 16.2. The Morgan fingerprint density at radius 3 is 2.55 bits per heavy atom. The van der Waals surface area contributed by atoms with Crippen LogP contribution in [-0.4, -0.2) is 5.11 Å². The molecular formula is C18H21NO. The van der Waals surface area contributed by atoms with E-state index >= 15 is 0 Å². The molecule has 0 spiro atoms. The molecular weight excluding hydrogens is 246 g/mol. The molecule has 2 unspecified atom stereocenters. The van der Waals surface area contributed by atoms with Crippen molar-refractivity contribution in [3.8, 4) is 0 Å². The Balaban J connectivity index is 2.01. The summed E-state index contributed by atoms with van der Waals surface area (Å²) >= 11 is 0. The monoisotopic (exact) mass is 267 g/mol. The molecule has 20 heavy (non-hydrogen) atoms. The largest absolute Gasteiger partial charge is 0.380 e. The van der Waals surface area contributed by atoms with Gasteiger partial charge in [-0.3, -0.25) is 0 Å². The summed E-state index contributed by atoms with van der Waals surface area (Å²) in [6.45, 7) is 2.17. The van der Waals surface area contributed by atoms with Gasteiger partial charge >= 0.3 is 0 Å². The van der Waals surface area contributed by atoms with Gasteiger partial charge in [0.25, 0.3) is 0 Å². The van der Waals surface area contributed by atoms with Crippen LogP contribution in [0.25, 0.3) is 0 Å². The number of hydrogen-bond acceptors (Lipinski definition) is 2. The molecule has 3 N–H and O–H groups in total. The Morgan fingerprint density at radius 1 is 1.15 bits per heavy atom. The Bertz CT molecular complexity index is 605. The van der Waals surface area contributed by atoms with E-state index in [9.17, 15) is 5.11 Å². The molecule has 1 aliphatic carbocycles. The molecule has 0 heterocycles. The topological polar surface area (TPSA) is 46.2 Å². The highest BCUT2D eigenvalue weighted by molar-refractivity contribution is 5.47. The summed E-state index contributed by atoms with van der Waals surface area (Å²) in [5, 5.41) is 11.1. The zero-order chi connectivity index (χ0) is 14.2. The van der Waals surface area contributed by atoms with E-state index in [1.807, 2.05) is 36.4 Å². The third-order valence-corrected chi connectivity index (χ3v) is 4.29. The number of benzene rings is 2. The summed E-state index contributed by atoms with van der Waals surface area (Å²) in [4.78, 5) is 0. The van der Waals surface area contributed by atoms with Crippen molar-refractivity contribution in [3.63, 3.8) is 0 Å². The second-order valence-electron chi connectivity index (χ2n) is 5.71. The van der Waals surface area contributed by atoms with Crippen LogP contribution in [0.1, 0.15) is 48.1 Å². The molecule has 0 saturated heterocycles. The van der Waals surface area contributed by atoms with Crippen LogP contribution in [0.2, 0.25) is 0 Å². The quantitative estimate of drug-likeness (QED) is 0.896. The molecule has 0 saturated carbocycles. The van der Waals surface area contributed by atoms with Crippen LogP contribution in [0.4, 0.5) is 0 Å². The second kappa shape index (κ2) is 5.04. The smallest absolute Gasteiger partial charge is 0.117 e. The van der Waals surface area contributed by atoms with E-state index in [1.165, 1.54) is 5.56 Å². The molecule has 104 valence electrons.